The molecule has 0 saturated carbocycles. The number of methoxy groups -OCH3 is 1. The first-order valence-corrected chi connectivity index (χ1v) is 8.94. The Balaban J connectivity index is 1.66. The average molecular weight is 345 g/mol. The Morgan fingerprint density at radius 2 is 2.28 bits per heavy atom. The van der Waals surface area contributed by atoms with E-state index in [-0.39, 0.29) is 6.04 Å². The molecule has 2 aromatic rings. The van der Waals surface area contributed by atoms with Gasteiger partial charge in [-0.3, -0.25) is 4.90 Å². The van der Waals surface area contributed by atoms with E-state index in [1.807, 2.05) is 12.1 Å². The molecule has 7 heteroatoms. The van der Waals surface area contributed by atoms with Gasteiger partial charge in [-0.2, -0.15) is 4.98 Å². The lowest BCUT2D eigenvalue weighted by Gasteiger charge is -2.23. The topological polar surface area (TPSA) is 76.3 Å². The maximum absolute atomic E-state index is 5.56. The smallest absolute Gasteiger partial charge is 0.244 e. The van der Waals surface area contributed by atoms with Crippen LogP contribution in [-0.2, 0) is 4.74 Å². The summed E-state index contributed by atoms with van der Waals surface area (Å²) in [5, 5.41) is 7.35. The van der Waals surface area contributed by atoms with Crippen molar-refractivity contribution in [3.05, 3.63) is 24.2 Å². The molecule has 136 valence electrons. The molecule has 1 fully saturated rings. The Kier molecular flexibility index (Phi) is 5.99. The highest BCUT2D eigenvalue weighted by atomic mass is 16.5. The molecule has 1 aliphatic rings. The Morgan fingerprint density at radius 3 is 3.00 bits per heavy atom. The molecule has 0 amide bonds. The van der Waals surface area contributed by atoms with Gasteiger partial charge < -0.3 is 14.6 Å². The van der Waals surface area contributed by atoms with Crippen LogP contribution in [0.4, 0.5) is 5.82 Å². The van der Waals surface area contributed by atoms with E-state index < -0.39 is 0 Å². The van der Waals surface area contributed by atoms with Crippen molar-refractivity contribution in [1.29, 1.82) is 0 Å². The summed E-state index contributed by atoms with van der Waals surface area (Å²) in [5.41, 5.74) is 0.862. The summed E-state index contributed by atoms with van der Waals surface area (Å²) in [6, 6.07) is 4.12. The molecule has 3 heterocycles. The number of rotatable bonds is 8. The lowest BCUT2D eigenvalue weighted by Crippen LogP contribution is -2.27. The van der Waals surface area contributed by atoms with Gasteiger partial charge in [0, 0.05) is 32.0 Å². The van der Waals surface area contributed by atoms with Crippen LogP contribution in [0.1, 0.15) is 38.6 Å². The third-order valence-corrected chi connectivity index (χ3v) is 4.32. The molecule has 1 saturated heterocycles. The SMILES string of the molecule is COCCNc1ccc(-c2noc([C@@H]3CCCN3CC(C)C)n2)cn1. The number of aromatic nitrogens is 3. The highest BCUT2D eigenvalue weighted by Gasteiger charge is 2.31. The molecule has 2 aromatic heterocycles. The van der Waals surface area contributed by atoms with Gasteiger partial charge in [0.15, 0.2) is 0 Å². The van der Waals surface area contributed by atoms with Crippen LogP contribution in [0.2, 0.25) is 0 Å². The number of anilines is 1. The Morgan fingerprint density at radius 1 is 1.40 bits per heavy atom. The van der Waals surface area contributed by atoms with E-state index >= 15 is 0 Å². The van der Waals surface area contributed by atoms with E-state index in [1.54, 1.807) is 13.3 Å². The van der Waals surface area contributed by atoms with Gasteiger partial charge >= 0.3 is 0 Å². The molecule has 1 atom stereocenters. The molecule has 0 aliphatic carbocycles. The number of hydrogen-bond donors (Lipinski definition) is 1. The predicted octanol–water partition coefficient (Wildman–Crippen LogP) is 2.98. The highest BCUT2D eigenvalue weighted by molar-refractivity contribution is 5.55. The summed E-state index contributed by atoms with van der Waals surface area (Å²) in [4.78, 5) is 11.5. The zero-order valence-corrected chi connectivity index (χ0v) is 15.2. The summed E-state index contributed by atoms with van der Waals surface area (Å²) < 4.78 is 10.6. The monoisotopic (exact) mass is 345 g/mol. The fraction of sp³-hybridized carbons (Fsp3) is 0.611. The zero-order chi connectivity index (χ0) is 17.6. The second-order valence-electron chi connectivity index (χ2n) is 6.85. The second kappa shape index (κ2) is 8.40. The second-order valence-corrected chi connectivity index (χ2v) is 6.85. The van der Waals surface area contributed by atoms with Gasteiger partial charge in [-0.05, 0) is 37.4 Å². The molecular formula is C18H27N5O2. The van der Waals surface area contributed by atoms with E-state index in [0.717, 1.165) is 43.3 Å². The van der Waals surface area contributed by atoms with Crippen LogP contribution in [0.5, 0.6) is 0 Å². The third kappa shape index (κ3) is 4.55. The summed E-state index contributed by atoms with van der Waals surface area (Å²) >= 11 is 0. The van der Waals surface area contributed by atoms with Crippen LogP contribution >= 0.6 is 0 Å². The molecule has 0 spiro atoms. The average Bonchev–Trinajstić information content (AvgIpc) is 3.24. The molecule has 1 aliphatic heterocycles. The number of pyridine rings is 1. The minimum absolute atomic E-state index is 0.242. The lowest BCUT2D eigenvalue weighted by atomic mass is 10.1. The normalized spacial score (nSPS) is 18.2. The van der Waals surface area contributed by atoms with Crippen molar-refractivity contribution in [3.63, 3.8) is 0 Å². The standard InChI is InChI=1S/C18H27N5O2/c1-13(2)12-23-9-4-5-15(23)18-21-17(22-25-18)14-6-7-16(20-11-14)19-8-10-24-3/h6-7,11,13,15H,4-5,8-10,12H2,1-3H3,(H,19,20)/t15-/m0/s1. The third-order valence-electron chi connectivity index (χ3n) is 4.32. The van der Waals surface area contributed by atoms with Gasteiger partial charge in [-0.25, -0.2) is 4.98 Å². The first kappa shape index (κ1) is 17.8. The van der Waals surface area contributed by atoms with Crippen molar-refractivity contribution >= 4 is 5.82 Å². The maximum atomic E-state index is 5.56. The van der Waals surface area contributed by atoms with Crippen LogP contribution < -0.4 is 5.32 Å². The van der Waals surface area contributed by atoms with Gasteiger partial charge in [-0.1, -0.05) is 19.0 Å². The van der Waals surface area contributed by atoms with Gasteiger partial charge in [0.1, 0.15) is 5.82 Å². The van der Waals surface area contributed by atoms with E-state index in [4.69, 9.17) is 9.26 Å². The highest BCUT2D eigenvalue weighted by Crippen LogP contribution is 2.32. The minimum atomic E-state index is 0.242. The van der Waals surface area contributed by atoms with E-state index in [1.165, 1.54) is 6.42 Å². The number of nitrogens with zero attached hydrogens (tertiary/aromatic N) is 4. The van der Waals surface area contributed by atoms with Crippen LogP contribution in [0.25, 0.3) is 11.4 Å². The number of hydrogen-bond acceptors (Lipinski definition) is 7. The molecule has 1 N–H and O–H groups in total. The summed E-state index contributed by atoms with van der Waals surface area (Å²) in [5.74, 6) is 2.76. The van der Waals surface area contributed by atoms with Crippen molar-refractivity contribution < 1.29 is 9.26 Å². The molecular weight excluding hydrogens is 318 g/mol. The molecule has 0 bridgehead atoms. The summed E-state index contributed by atoms with van der Waals surface area (Å²) in [7, 11) is 1.68. The summed E-state index contributed by atoms with van der Waals surface area (Å²) in [6.45, 7) is 8.01. The van der Waals surface area contributed by atoms with Gasteiger partial charge in [0.2, 0.25) is 11.7 Å². The number of nitrogens with one attached hydrogen (secondary N) is 1. The van der Waals surface area contributed by atoms with Crippen LogP contribution in [0.15, 0.2) is 22.9 Å². The van der Waals surface area contributed by atoms with Gasteiger partial charge in [0.25, 0.3) is 0 Å². The fourth-order valence-corrected chi connectivity index (χ4v) is 3.19. The first-order chi connectivity index (χ1) is 12.2. The predicted molar refractivity (Wildman–Crippen MR) is 96.3 cm³/mol. The molecule has 3 rings (SSSR count). The van der Waals surface area contributed by atoms with Crippen molar-refractivity contribution in [1.82, 2.24) is 20.0 Å². The molecule has 7 nitrogen and oxygen atoms in total. The van der Waals surface area contributed by atoms with E-state index in [2.05, 4.69) is 39.2 Å². The molecule has 0 radical (unpaired) electrons. The Hall–Kier alpha value is -1.99. The fourth-order valence-electron chi connectivity index (χ4n) is 3.19. The van der Waals surface area contributed by atoms with Gasteiger partial charge in [-0.15, -0.1) is 0 Å². The molecule has 0 aromatic carbocycles. The summed E-state index contributed by atoms with van der Waals surface area (Å²) in [6.07, 6.45) is 4.03. The van der Waals surface area contributed by atoms with Crippen molar-refractivity contribution in [3.8, 4) is 11.4 Å². The van der Waals surface area contributed by atoms with Crippen LogP contribution in [0.3, 0.4) is 0 Å². The van der Waals surface area contributed by atoms with Crippen LogP contribution in [0, 0.1) is 5.92 Å². The number of ether oxygens (including phenoxy) is 1. The quantitative estimate of drug-likeness (QED) is 0.737. The van der Waals surface area contributed by atoms with Gasteiger partial charge in [0.05, 0.1) is 12.6 Å². The Bertz CT molecular complexity index is 656. The van der Waals surface area contributed by atoms with Crippen molar-refractivity contribution in [2.24, 2.45) is 5.92 Å². The molecule has 0 unspecified atom stereocenters. The first-order valence-electron chi connectivity index (χ1n) is 8.94. The van der Waals surface area contributed by atoms with E-state index in [0.29, 0.717) is 18.3 Å². The van der Waals surface area contributed by atoms with E-state index in [9.17, 15) is 0 Å². The van der Waals surface area contributed by atoms with Crippen molar-refractivity contribution in [2.75, 3.05) is 38.7 Å². The zero-order valence-electron chi connectivity index (χ0n) is 15.2. The Labute approximate surface area is 148 Å². The lowest BCUT2D eigenvalue weighted by molar-refractivity contribution is 0.189. The van der Waals surface area contributed by atoms with Crippen molar-refractivity contribution in [2.45, 2.75) is 32.7 Å². The van der Waals surface area contributed by atoms with Crippen LogP contribution in [-0.4, -0.2) is 53.4 Å². The number of likely N-dealkylation sites (tertiary alicyclic amines) is 1. The maximum Gasteiger partial charge on any atom is 0.244 e. The molecule has 25 heavy (non-hydrogen) atoms. The minimum Gasteiger partial charge on any atom is -0.383 e. The largest absolute Gasteiger partial charge is 0.383 e.